The van der Waals surface area contributed by atoms with Gasteiger partial charge < -0.3 is 5.73 Å². The van der Waals surface area contributed by atoms with Crippen molar-refractivity contribution >= 4 is 45.2 Å². The number of nitrogen functional groups attached to an aromatic ring is 1. The van der Waals surface area contributed by atoms with Crippen molar-refractivity contribution in [2.75, 3.05) is 5.73 Å². The van der Waals surface area contributed by atoms with Crippen LogP contribution < -0.4 is 11.3 Å². The third kappa shape index (κ3) is 2.16. The Morgan fingerprint density at radius 3 is 2.92 bits per heavy atom. The minimum absolute atomic E-state index is 0.311. The molecular weight excluding hydrogens is 322 g/mol. The first-order valence-electron chi connectivity index (χ1n) is 7.63. The zero-order chi connectivity index (χ0) is 16.8. The Bertz CT molecular complexity index is 1090. The van der Waals surface area contributed by atoms with E-state index in [4.69, 9.17) is 5.73 Å². The molecule has 3 heterocycles. The van der Waals surface area contributed by atoms with Crippen LogP contribution in [0.25, 0.3) is 16.6 Å². The number of benzene rings is 1. The highest BCUT2D eigenvalue weighted by Crippen LogP contribution is 2.35. The molecule has 1 aliphatic rings. The largest absolute Gasteiger partial charge is 0.383 e. The Morgan fingerprint density at radius 1 is 1.33 bits per heavy atom. The molecule has 0 saturated heterocycles. The first-order valence-corrected chi connectivity index (χ1v) is 8.45. The van der Waals surface area contributed by atoms with Crippen molar-refractivity contribution in [1.82, 2.24) is 14.6 Å². The molecule has 24 heavy (non-hydrogen) atoms. The van der Waals surface area contributed by atoms with Gasteiger partial charge in [0.1, 0.15) is 10.8 Å². The molecule has 0 atom stereocenters. The molecule has 3 aromatic rings. The number of allylic oxidation sites excluding steroid dienone is 1. The SMILES string of the molecule is CCc1nn2c(N)c(/C=C3\C(C)=Nc4ccccc43)c(=O)nc2s1. The van der Waals surface area contributed by atoms with Crippen molar-refractivity contribution in [3.63, 3.8) is 0 Å². The maximum atomic E-state index is 12.4. The monoisotopic (exact) mass is 337 g/mol. The summed E-state index contributed by atoms with van der Waals surface area (Å²) in [5.41, 5.74) is 9.85. The van der Waals surface area contributed by atoms with E-state index in [1.807, 2.05) is 38.1 Å². The average molecular weight is 337 g/mol. The van der Waals surface area contributed by atoms with Crippen molar-refractivity contribution in [2.45, 2.75) is 20.3 Å². The number of anilines is 1. The van der Waals surface area contributed by atoms with Gasteiger partial charge in [-0.1, -0.05) is 36.5 Å². The van der Waals surface area contributed by atoms with Crippen LogP contribution in [0.3, 0.4) is 0 Å². The number of hydrogen-bond donors (Lipinski definition) is 1. The first-order chi connectivity index (χ1) is 11.6. The molecule has 7 heteroatoms. The minimum atomic E-state index is -0.344. The first kappa shape index (κ1) is 14.8. The van der Waals surface area contributed by atoms with E-state index < -0.39 is 0 Å². The molecular formula is C17H15N5OS. The second-order valence-electron chi connectivity index (χ2n) is 5.53. The quantitative estimate of drug-likeness (QED) is 0.779. The van der Waals surface area contributed by atoms with E-state index in [2.05, 4.69) is 15.1 Å². The predicted molar refractivity (Wildman–Crippen MR) is 98.0 cm³/mol. The van der Waals surface area contributed by atoms with E-state index >= 15 is 0 Å². The summed E-state index contributed by atoms with van der Waals surface area (Å²) in [5.74, 6) is 0.311. The molecule has 0 bridgehead atoms. The highest BCUT2D eigenvalue weighted by atomic mass is 32.1. The van der Waals surface area contributed by atoms with Crippen molar-refractivity contribution < 1.29 is 0 Å². The zero-order valence-electron chi connectivity index (χ0n) is 13.3. The van der Waals surface area contributed by atoms with Gasteiger partial charge >= 0.3 is 0 Å². The molecule has 1 aromatic carbocycles. The van der Waals surface area contributed by atoms with Gasteiger partial charge in [0.2, 0.25) is 4.96 Å². The van der Waals surface area contributed by atoms with E-state index in [1.54, 1.807) is 10.6 Å². The van der Waals surface area contributed by atoms with Gasteiger partial charge in [0.25, 0.3) is 5.56 Å². The molecule has 0 fully saturated rings. The average Bonchev–Trinajstić information content (AvgIpc) is 3.12. The smallest absolute Gasteiger partial charge is 0.283 e. The normalized spacial score (nSPS) is 15.1. The number of para-hydroxylation sites is 1. The maximum absolute atomic E-state index is 12.4. The lowest BCUT2D eigenvalue weighted by molar-refractivity contribution is 0.892. The second-order valence-corrected chi connectivity index (χ2v) is 6.57. The van der Waals surface area contributed by atoms with E-state index in [-0.39, 0.29) is 5.56 Å². The Balaban J connectivity index is 1.95. The van der Waals surface area contributed by atoms with Crippen molar-refractivity contribution in [1.29, 1.82) is 0 Å². The summed E-state index contributed by atoms with van der Waals surface area (Å²) in [6.45, 7) is 3.92. The molecule has 0 aliphatic carbocycles. The summed E-state index contributed by atoms with van der Waals surface area (Å²) < 4.78 is 1.55. The summed E-state index contributed by atoms with van der Waals surface area (Å²) in [4.78, 5) is 21.6. The number of nitrogens with two attached hydrogens (primary N) is 1. The summed E-state index contributed by atoms with van der Waals surface area (Å²) >= 11 is 1.38. The summed E-state index contributed by atoms with van der Waals surface area (Å²) in [6, 6.07) is 7.83. The number of nitrogens with zero attached hydrogens (tertiary/aromatic N) is 4. The Morgan fingerprint density at radius 2 is 2.12 bits per heavy atom. The van der Waals surface area contributed by atoms with E-state index in [1.165, 1.54) is 11.3 Å². The highest BCUT2D eigenvalue weighted by molar-refractivity contribution is 7.16. The number of aryl methyl sites for hydroxylation is 1. The van der Waals surface area contributed by atoms with Gasteiger partial charge in [0.05, 0.1) is 11.3 Å². The molecule has 2 N–H and O–H groups in total. The lowest BCUT2D eigenvalue weighted by Crippen LogP contribution is -2.17. The molecule has 0 spiro atoms. The van der Waals surface area contributed by atoms with Crippen molar-refractivity contribution in [3.05, 3.63) is 50.8 Å². The van der Waals surface area contributed by atoms with Gasteiger partial charge in [-0.25, -0.2) is 0 Å². The molecule has 4 rings (SSSR count). The lowest BCUT2D eigenvalue weighted by atomic mass is 10.0. The van der Waals surface area contributed by atoms with Crippen LogP contribution in [0.4, 0.5) is 11.5 Å². The highest BCUT2D eigenvalue weighted by Gasteiger charge is 2.19. The molecule has 0 amide bonds. The fraction of sp³-hybridized carbons (Fsp3) is 0.176. The molecule has 0 saturated carbocycles. The molecule has 6 nitrogen and oxygen atoms in total. The molecule has 2 aromatic heterocycles. The third-order valence-corrected chi connectivity index (χ3v) is 5.05. The molecule has 1 aliphatic heterocycles. The number of rotatable bonds is 2. The van der Waals surface area contributed by atoms with Crippen LogP contribution >= 0.6 is 11.3 Å². The standard InChI is InChI=1S/C17H15N5OS/c1-3-14-21-22-15(18)12(16(23)20-17(22)24-14)8-11-9(2)19-13-7-5-4-6-10(11)13/h4-8H,3,18H2,1-2H3/b11-8+. The fourth-order valence-electron chi connectivity index (χ4n) is 2.76. The van der Waals surface area contributed by atoms with Gasteiger partial charge in [-0.05, 0) is 25.5 Å². The van der Waals surface area contributed by atoms with Gasteiger partial charge in [-0.2, -0.15) is 14.6 Å². The van der Waals surface area contributed by atoms with Gasteiger partial charge in [0, 0.05) is 16.8 Å². The minimum Gasteiger partial charge on any atom is -0.383 e. The number of fused-ring (bicyclic) bond motifs is 2. The summed E-state index contributed by atoms with van der Waals surface area (Å²) in [7, 11) is 0. The summed E-state index contributed by atoms with van der Waals surface area (Å²) in [5, 5.41) is 5.31. The predicted octanol–water partition coefficient (Wildman–Crippen LogP) is 2.94. The summed E-state index contributed by atoms with van der Waals surface area (Å²) in [6.07, 6.45) is 2.55. The van der Waals surface area contributed by atoms with Crippen LogP contribution in [0, 0.1) is 0 Å². The zero-order valence-corrected chi connectivity index (χ0v) is 14.1. The van der Waals surface area contributed by atoms with Crippen molar-refractivity contribution in [2.24, 2.45) is 4.99 Å². The maximum Gasteiger partial charge on any atom is 0.283 e. The Labute approximate surface area is 142 Å². The van der Waals surface area contributed by atoms with Gasteiger partial charge in [-0.3, -0.25) is 9.79 Å². The second kappa shape index (κ2) is 5.38. The van der Waals surface area contributed by atoms with Crippen LogP contribution in [0.15, 0.2) is 34.1 Å². The van der Waals surface area contributed by atoms with Crippen LogP contribution in [0.5, 0.6) is 0 Å². The molecule has 0 unspecified atom stereocenters. The number of aromatic nitrogens is 3. The fourth-order valence-corrected chi connectivity index (χ4v) is 3.59. The third-order valence-electron chi connectivity index (χ3n) is 4.00. The lowest BCUT2D eigenvalue weighted by Gasteiger charge is -2.04. The Hall–Kier alpha value is -2.80. The molecule has 120 valence electrons. The number of aliphatic imine (C=N–C) groups is 1. The van der Waals surface area contributed by atoms with E-state index in [9.17, 15) is 4.79 Å². The van der Waals surface area contributed by atoms with Crippen molar-refractivity contribution in [3.8, 4) is 0 Å². The van der Waals surface area contributed by atoms with Crippen LogP contribution in [0.1, 0.15) is 30.0 Å². The van der Waals surface area contributed by atoms with E-state index in [0.29, 0.717) is 16.3 Å². The van der Waals surface area contributed by atoms with Gasteiger partial charge in [-0.15, -0.1) is 0 Å². The molecule has 0 radical (unpaired) electrons. The van der Waals surface area contributed by atoms with Gasteiger partial charge in [0.15, 0.2) is 0 Å². The van der Waals surface area contributed by atoms with E-state index in [0.717, 1.165) is 34.0 Å². The van der Waals surface area contributed by atoms with Crippen LogP contribution in [-0.4, -0.2) is 20.3 Å². The van der Waals surface area contributed by atoms with Crippen LogP contribution in [-0.2, 0) is 6.42 Å². The Kier molecular flexibility index (Phi) is 3.31. The topological polar surface area (TPSA) is 85.6 Å². The van der Waals surface area contributed by atoms with Crippen LogP contribution in [0.2, 0.25) is 0 Å². The number of hydrogen-bond acceptors (Lipinski definition) is 6.